The number of rotatable bonds is 5. The van der Waals surface area contributed by atoms with E-state index in [0.717, 1.165) is 22.8 Å². The highest BCUT2D eigenvalue weighted by Crippen LogP contribution is 2.36. The molecule has 0 saturated heterocycles. The number of benzene rings is 1. The van der Waals surface area contributed by atoms with Crippen molar-refractivity contribution < 1.29 is 14.3 Å². The Morgan fingerprint density at radius 2 is 2.03 bits per heavy atom. The summed E-state index contributed by atoms with van der Waals surface area (Å²) in [5.74, 6) is 1.10. The molecule has 8 heteroatoms. The quantitative estimate of drug-likeness (QED) is 0.632. The third-order valence-corrected chi connectivity index (χ3v) is 5.00. The van der Waals surface area contributed by atoms with Gasteiger partial charge in [-0.2, -0.15) is 10.4 Å². The molecule has 0 N–H and O–H groups in total. The molecule has 3 heterocycles. The van der Waals surface area contributed by atoms with E-state index in [1.807, 2.05) is 45.2 Å². The van der Waals surface area contributed by atoms with Gasteiger partial charge in [0.15, 0.2) is 11.6 Å². The summed E-state index contributed by atoms with van der Waals surface area (Å²) >= 11 is 0. The fraction of sp³-hybridized carbons (Fsp3) is 0.304. The van der Waals surface area contributed by atoms with E-state index < -0.39 is 0 Å². The van der Waals surface area contributed by atoms with Crippen LogP contribution in [0.15, 0.2) is 36.5 Å². The van der Waals surface area contributed by atoms with Gasteiger partial charge < -0.3 is 14.4 Å². The predicted molar refractivity (Wildman–Crippen MR) is 113 cm³/mol. The van der Waals surface area contributed by atoms with E-state index >= 15 is 0 Å². The van der Waals surface area contributed by atoms with Crippen LogP contribution in [0.25, 0.3) is 5.82 Å². The fourth-order valence-corrected chi connectivity index (χ4v) is 3.65. The lowest BCUT2D eigenvalue weighted by molar-refractivity contribution is 0.0739. The normalized spacial score (nSPS) is 12.6. The number of pyridine rings is 1. The Balaban J connectivity index is 1.64. The SMILES string of the molecule is COc1c(C#N)ccc(OC(C)C)c1C(=O)N1Cc2cn(-c3cccc(C)n3)nc2C1. The number of nitriles is 1. The Morgan fingerprint density at radius 3 is 2.68 bits per heavy atom. The summed E-state index contributed by atoms with van der Waals surface area (Å²) in [6.07, 6.45) is 1.77. The van der Waals surface area contributed by atoms with E-state index in [4.69, 9.17) is 9.47 Å². The molecule has 1 aliphatic heterocycles. The number of aryl methyl sites for hydroxylation is 1. The van der Waals surface area contributed by atoms with E-state index in [1.54, 1.807) is 21.7 Å². The largest absolute Gasteiger partial charge is 0.494 e. The average Bonchev–Trinajstić information content (AvgIpc) is 3.32. The van der Waals surface area contributed by atoms with E-state index in [2.05, 4.69) is 16.2 Å². The third-order valence-electron chi connectivity index (χ3n) is 5.00. The monoisotopic (exact) mass is 417 g/mol. The number of carbonyl (C=O) groups is 1. The van der Waals surface area contributed by atoms with Crippen molar-refractivity contribution >= 4 is 5.91 Å². The second-order valence-electron chi connectivity index (χ2n) is 7.64. The summed E-state index contributed by atoms with van der Waals surface area (Å²) in [5.41, 5.74) is 3.23. The first-order chi connectivity index (χ1) is 14.9. The van der Waals surface area contributed by atoms with Crippen LogP contribution in [0.3, 0.4) is 0 Å². The summed E-state index contributed by atoms with van der Waals surface area (Å²) in [7, 11) is 1.45. The molecule has 31 heavy (non-hydrogen) atoms. The van der Waals surface area contributed by atoms with Gasteiger partial charge in [-0.05, 0) is 45.0 Å². The molecule has 0 spiro atoms. The van der Waals surface area contributed by atoms with Crippen molar-refractivity contribution in [3.8, 4) is 23.4 Å². The molecule has 0 aliphatic carbocycles. The van der Waals surface area contributed by atoms with Crippen LogP contribution in [-0.2, 0) is 13.1 Å². The molecular formula is C23H23N5O3. The van der Waals surface area contributed by atoms with Gasteiger partial charge in [0.05, 0.1) is 31.0 Å². The van der Waals surface area contributed by atoms with Crippen LogP contribution < -0.4 is 9.47 Å². The lowest BCUT2D eigenvalue weighted by Crippen LogP contribution is -2.27. The maximum absolute atomic E-state index is 13.5. The zero-order valence-electron chi connectivity index (χ0n) is 17.9. The molecule has 0 unspecified atom stereocenters. The summed E-state index contributed by atoms with van der Waals surface area (Å²) in [4.78, 5) is 19.6. The summed E-state index contributed by atoms with van der Waals surface area (Å²) in [6, 6.07) is 11.1. The lowest BCUT2D eigenvalue weighted by Gasteiger charge is -2.21. The first-order valence-electron chi connectivity index (χ1n) is 9.99. The summed E-state index contributed by atoms with van der Waals surface area (Å²) < 4.78 is 13.0. The molecule has 0 atom stereocenters. The number of ether oxygens (including phenoxy) is 2. The first-order valence-corrected chi connectivity index (χ1v) is 9.99. The smallest absolute Gasteiger partial charge is 0.262 e. The second kappa shape index (κ2) is 8.11. The van der Waals surface area contributed by atoms with Crippen LogP contribution in [0.5, 0.6) is 11.5 Å². The highest BCUT2D eigenvalue weighted by Gasteiger charge is 2.32. The molecular weight excluding hydrogens is 394 g/mol. The second-order valence-corrected chi connectivity index (χ2v) is 7.64. The highest BCUT2D eigenvalue weighted by atomic mass is 16.5. The molecule has 158 valence electrons. The van der Waals surface area contributed by atoms with Gasteiger partial charge in [0.1, 0.15) is 17.4 Å². The van der Waals surface area contributed by atoms with Crippen molar-refractivity contribution in [2.45, 2.75) is 40.0 Å². The van der Waals surface area contributed by atoms with E-state index in [9.17, 15) is 10.1 Å². The van der Waals surface area contributed by atoms with Gasteiger partial charge in [-0.25, -0.2) is 9.67 Å². The molecule has 0 fully saturated rings. The summed E-state index contributed by atoms with van der Waals surface area (Å²) in [6.45, 7) is 6.45. The number of fused-ring (bicyclic) bond motifs is 1. The topological polar surface area (TPSA) is 93.3 Å². The minimum atomic E-state index is -0.261. The van der Waals surface area contributed by atoms with Crippen LogP contribution in [0.4, 0.5) is 0 Å². The van der Waals surface area contributed by atoms with Gasteiger partial charge in [-0.15, -0.1) is 0 Å². The van der Waals surface area contributed by atoms with E-state index in [0.29, 0.717) is 18.8 Å². The van der Waals surface area contributed by atoms with Crippen LogP contribution >= 0.6 is 0 Å². The molecule has 0 saturated carbocycles. The number of hydrogen-bond donors (Lipinski definition) is 0. The molecule has 1 aliphatic rings. The standard InChI is InChI=1S/C23H23N5O3/c1-14(2)31-19-9-8-16(10-24)22(30-4)21(19)23(29)27-11-17-12-28(26-18(17)13-27)20-7-5-6-15(3)25-20/h5-9,12,14H,11,13H2,1-4H3. The lowest BCUT2D eigenvalue weighted by atomic mass is 10.1. The van der Waals surface area contributed by atoms with Gasteiger partial charge >= 0.3 is 0 Å². The third kappa shape index (κ3) is 3.82. The molecule has 3 aromatic rings. The Labute approximate surface area is 180 Å². The van der Waals surface area contributed by atoms with Crippen molar-refractivity contribution in [3.05, 3.63) is 64.6 Å². The van der Waals surface area contributed by atoms with E-state index in [-0.39, 0.29) is 28.9 Å². The van der Waals surface area contributed by atoms with Gasteiger partial charge in [0.25, 0.3) is 5.91 Å². The molecule has 4 rings (SSSR count). The number of methoxy groups -OCH3 is 1. The Morgan fingerprint density at radius 1 is 1.23 bits per heavy atom. The van der Waals surface area contributed by atoms with Gasteiger partial charge in [-0.1, -0.05) is 6.07 Å². The highest BCUT2D eigenvalue weighted by molar-refractivity contribution is 6.00. The number of aromatic nitrogens is 3. The molecule has 0 radical (unpaired) electrons. The molecule has 0 bridgehead atoms. The van der Waals surface area contributed by atoms with Gasteiger partial charge in [0, 0.05) is 24.0 Å². The maximum Gasteiger partial charge on any atom is 0.262 e. The molecule has 1 aromatic carbocycles. The van der Waals surface area contributed by atoms with Crippen LogP contribution in [0.1, 0.15) is 46.7 Å². The van der Waals surface area contributed by atoms with Crippen LogP contribution in [0, 0.1) is 18.3 Å². The number of amides is 1. The summed E-state index contributed by atoms with van der Waals surface area (Å²) in [5, 5.41) is 14.1. The first kappa shape index (κ1) is 20.4. The Hall–Kier alpha value is -3.86. The van der Waals surface area contributed by atoms with Crippen LogP contribution in [0.2, 0.25) is 0 Å². The van der Waals surface area contributed by atoms with Gasteiger partial charge in [-0.3, -0.25) is 4.79 Å². The minimum Gasteiger partial charge on any atom is -0.494 e. The van der Waals surface area contributed by atoms with Crippen molar-refractivity contribution in [2.75, 3.05) is 7.11 Å². The Bertz CT molecular complexity index is 1170. The minimum absolute atomic E-state index is 0.135. The fourth-order valence-electron chi connectivity index (χ4n) is 3.65. The zero-order chi connectivity index (χ0) is 22.1. The number of nitrogens with zero attached hydrogens (tertiary/aromatic N) is 5. The predicted octanol–water partition coefficient (Wildman–Crippen LogP) is 3.40. The average molecular weight is 417 g/mol. The Kier molecular flexibility index (Phi) is 5.34. The molecule has 1 amide bonds. The molecule has 8 nitrogen and oxygen atoms in total. The number of hydrogen-bond acceptors (Lipinski definition) is 6. The zero-order valence-corrected chi connectivity index (χ0v) is 17.9. The van der Waals surface area contributed by atoms with Crippen molar-refractivity contribution in [3.63, 3.8) is 0 Å². The van der Waals surface area contributed by atoms with Gasteiger partial charge in [0.2, 0.25) is 0 Å². The van der Waals surface area contributed by atoms with Crippen LogP contribution in [-0.4, -0.2) is 38.8 Å². The van der Waals surface area contributed by atoms with Crippen molar-refractivity contribution in [1.29, 1.82) is 5.26 Å². The molecule has 2 aromatic heterocycles. The van der Waals surface area contributed by atoms with E-state index in [1.165, 1.54) is 7.11 Å². The number of carbonyl (C=O) groups excluding carboxylic acids is 1. The van der Waals surface area contributed by atoms with Crippen molar-refractivity contribution in [2.24, 2.45) is 0 Å². The van der Waals surface area contributed by atoms with Crippen molar-refractivity contribution in [1.82, 2.24) is 19.7 Å². The maximum atomic E-state index is 13.5.